The highest BCUT2D eigenvalue weighted by Gasteiger charge is 2.33. The lowest BCUT2D eigenvalue weighted by molar-refractivity contribution is 0.0892. The zero-order chi connectivity index (χ0) is 25.0. The summed E-state index contributed by atoms with van der Waals surface area (Å²) in [4.78, 5) is 48.4. The first-order chi connectivity index (χ1) is 15.7. The molecular formula is C18H4Cl6O10. The number of alkyl halides is 6. The summed E-state index contributed by atoms with van der Waals surface area (Å²) in [5.74, 6) is -4.34. The molecule has 0 atom stereocenters. The topological polar surface area (TPSA) is 135 Å². The van der Waals surface area contributed by atoms with Crippen LogP contribution in [-0.2, 0) is 12.3 Å². The molecular weight excluding hydrogens is 589 g/mol. The number of fused-ring (bicyclic) bond motifs is 6. The van der Waals surface area contributed by atoms with Crippen molar-refractivity contribution in [1.82, 2.24) is 0 Å². The Labute approximate surface area is 216 Å². The average molecular weight is 593 g/mol. The molecule has 1 aliphatic rings. The van der Waals surface area contributed by atoms with Gasteiger partial charge in [0.25, 0.3) is 0 Å². The third kappa shape index (κ3) is 5.02. The van der Waals surface area contributed by atoms with E-state index >= 15 is 0 Å². The van der Waals surface area contributed by atoms with Gasteiger partial charge in [-0.15, -0.1) is 0 Å². The standard InChI is InChI=1S/C18H4Cl6O10/c19-17(20,21)7-3-11-9-1-5(7)6-2-10(30-14(26)33-13(25)29-9)12(4-8(6)18(22,23)24)32-16(28)34-15(27)31-11/h1-4H. The third-order valence-corrected chi connectivity index (χ3v) is 5.40. The van der Waals surface area contributed by atoms with Gasteiger partial charge in [-0.2, -0.15) is 0 Å². The Morgan fingerprint density at radius 1 is 0.529 bits per heavy atom. The van der Waals surface area contributed by atoms with Crippen molar-refractivity contribution < 1.29 is 37.1 Å². The van der Waals surface area contributed by atoms with E-state index in [1.54, 1.807) is 0 Å². The van der Waals surface area contributed by atoms with Crippen LogP contribution in [0.2, 0.25) is 0 Å². The molecule has 4 aromatic rings. The zero-order valence-corrected chi connectivity index (χ0v) is 20.2. The molecule has 2 aromatic carbocycles. The van der Waals surface area contributed by atoms with E-state index in [1.165, 1.54) is 0 Å². The second kappa shape index (κ2) is 8.71. The molecule has 0 N–H and O–H groups in total. The molecule has 0 aliphatic carbocycles. The molecule has 178 valence electrons. The van der Waals surface area contributed by atoms with Crippen LogP contribution in [0.5, 0.6) is 11.5 Å². The van der Waals surface area contributed by atoms with E-state index in [0.29, 0.717) is 0 Å². The van der Waals surface area contributed by atoms with Gasteiger partial charge in [0.1, 0.15) is 0 Å². The smallest absolute Gasteiger partial charge is 0.391 e. The van der Waals surface area contributed by atoms with E-state index in [9.17, 15) is 19.2 Å². The van der Waals surface area contributed by atoms with Crippen molar-refractivity contribution in [2.24, 2.45) is 0 Å². The van der Waals surface area contributed by atoms with Gasteiger partial charge < -0.3 is 27.5 Å². The van der Waals surface area contributed by atoms with E-state index in [-0.39, 0.29) is 21.9 Å². The van der Waals surface area contributed by atoms with Crippen molar-refractivity contribution in [3.63, 3.8) is 0 Å². The second-order valence-corrected chi connectivity index (χ2v) is 10.9. The summed E-state index contributed by atoms with van der Waals surface area (Å²) in [6.45, 7) is 0. The maximum atomic E-state index is 12.1. The van der Waals surface area contributed by atoms with E-state index in [4.69, 9.17) is 87.9 Å². The fraction of sp³-hybridized carbons (Fsp3) is 0.111. The molecule has 5 rings (SSSR count). The van der Waals surface area contributed by atoms with Crippen LogP contribution in [-0.4, -0.2) is 12.3 Å². The Kier molecular flexibility index (Phi) is 6.34. The van der Waals surface area contributed by atoms with Crippen molar-refractivity contribution >= 4 is 104 Å². The largest absolute Gasteiger partial charge is 0.524 e. The summed E-state index contributed by atoms with van der Waals surface area (Å²) in [5.41, 5.74) is -1.52. The van der Waals surface area contributed by atoms with Gasteiger partial charge in [-0.1, -0.05) is 69.6 Å². The van der Waals surface area contributed by atoms with Crippen molar-refractivity contribution in [3.05, 3.63) is 56.6 Å². The van der Waals surface area contributed by atoms with E-state index < -0.39 is 54.2 Å². The summed E-state index contributed by atoms with van der Waals surface area (Å²) in [7, 11) is 0. The first-order valence-corrected chi connectivity index (χ1v) is 10.7. The van der Waals surface area contributed by atoms with Gasteiger partial charge in [-0.05, 0) is 35.0 Å². The molecule has 0 unspecified atom stereocenters. The van der Waals surface area contributed by atoms with Gasteiger partial charge >= 0.3 is 24.0 Å². The minimum absolute atomic E-state index is 0.0406. The van der Waals surface area contributed by atoms with Gasteiger partial charge in [0, 0.05) is 11.1 Å². The first kappa shape index (κ1) is 24.8. The summed E-state index contributed by atoms with van der Waals surface area (Å²) >= 11 is 36.7. The average Bonchev–Trinajstić information content (AvgIpc) is 2.67. The number of cyclic esters (lactones) is 2. The highest BCUT2D eigenvalue weighted by Crippen LogP contribution is 2.48. The van der Waals surface area contributed by atoms with Crippen LogP contribution < -0.4 is 21.1 Å². The molecule has 10 nitrogen and oxygen atoms in total. The van der Waals surface area contributed by atoms with Crippen LogP contribution in [0.4, 0.5) is 9.59 Å². The Morgan fingerprint density at radius 2 is 0.912 bits per heavy atom. The summed E-state index contributed by atoms with van der Waals surface area (Å²) in [6, 6.07) is 4.09. The Hall–Kier alpha value is -2.34. The Balaban J connectivity index is 2.45. The molecule has 34 heavy (non-hydrogen) atoms. The lowest BCUT2D eigenvalue weighted by Crippen LogP contribution is -2.19. The quantitative estimate of drug-likeness (QED) is 0.127. The van der Waals surface area contributed by atoms with Gasteiger partial charge in [-0.25, -0.2) is 19.2 Å². The molecule has 0 fully saturated rings. The maximum absolute atomic E-state index is 12.1. The third-order valence-electron chi connectivity index (χ3n) is 4.18. The molecule has 0 radical (unpaired) electrons. The van der Waals surface area contributed by atoms with Gasteiger partial charge in [0.15, 0.2) is 22.7 Å². The van der Waals surface area contributed by atoms with E-state index in [0.717, 1.165) is 24.3 Å². The number of benzene rings is 2. The Bertz CT molecular complexity index is 1420. The van der Waals surface area contributed by atoms with Crippen molar-refractivity contribution in [2.75, 3.05) is 0 Å². The molecule has 3 heterocycles. The van der Waals surface area contributed by atoms with Gasteiger partial charge in [0.2, 0.25) is 7.59 Å². The lowest BCUT2D eigenvalue weighted by Gasteiger charge is -2.18. The fourth-order valence-corrected chi connectivity index (χ4v) is 3.87. The van der Waals surface area contributed by atoms with Crippen molar-refractivity contribution in [2.45, 2.75) is 7.59 Å². The minimum atomic E-state index is -2.20. The molecule has 0 saturated carbocycles. The van der Waals surface area contributed by atoms with Crippen LogP contribution in [0.1, 0.15) is 11.1 Å². The summed E-state index contributed by atoms with van der Waals surface area (Å²) in [5, 5.41) is -0.0812. The van der Waals surface area contributed by atoms with Crippen LogP contribution in [0.15, 0.2) is 47.1 Å². The van der Waals surface area contributed by atoms with E-state index in [2.05, 4.69) is 9.15 Å². The van der Waals surface area contributed by atoms with Crippen molar-refractivity contribution in [3.8, 4) is 11.5 Å². The number of carbonyl (C=O) groups excluding carboxylic acids is 2. The van der Waals surface area contributed by atoms with Crippen molar-refractivity contribution in [1.29, 1.82) is 0 Å². The molecule has 0 saturated heterocycles. The number of hydrogen-bond acceptors (Lipinski definition) is 10. The number of halogens is 6. The maximum Gasteiger partial charge on any atom is 0.524 e. The highest BCUT2D eigenvalue weighted by atomic mass is 35.6. The molecule has 6 bridgehead atoms. The first-order valence-electron chi connectivity index (χ1n) is 8.46. The Morgan fingerprint density at radius 3 is 1.26 bits per heavy atom. The normalized spacial score (nSPS) is 14.1. The van der Waals surface area contributed by atoms with Crippen LogP contribution in [0.25, 0.3) is 21.9 Å². The lowest BCUT2D eigenvalue weighted by atomic mass is 10.0. The summed E-state index contributed by atoms with van der Waals surface area (Å²) < 4.78 is 24.1. The predicted octanol–water partition coefficient (Wildman–Crippen LogP) is 6.30. The van der Waals surface area contributed by atoms with E-state index in [1.807, 2.05) is 0 Å². The SMILES string of the molecule is O=C1OC(=O)Oc2cc3c(C(Cl)(Cl)Cl)cc2oc(=O)oc(=O)oc2cc(C(Cl)(Cl)Cl)c3cc2O1. The minimum Gasteiger partial charge on any atom is -0.391 e. The molecule has 0 spiro atoms. The highest BCUT2D eigenvalue weighted by molar-refractivity contribution is 6.68. The number of ether oxygens (including phenoxy) is 3. The van der Waals surface area contributed by atoms with Crippen LogP contribution in [0, 0.1) is 0 Å². The fourth-order valence-electron chi connectivity index (χ4n) is 2.93. The van der Waals surface area contributed by atoms with Gasteiger partial charge in [-0.3, -0.25) is 0 Å². The molecule has 16 heteroatoms. The van der Waals surface area contributed by atoms with Gasteiger partial charge in [0.05, 0.1) is 0 Å². The molecule has 0 amide bonds. The molecule has 2 aromatic heterocycles. The number of hydrogen-bond donors (Lipinski definition) is 0. The molecule has 1 aliphatic heterocycles. The second-order valence-electron chi connectivity index (χ2n) is 6.30. The van der Waals surface area contributed by atoms with Crippen LogP contribution in [0.3, 0.4) is 0 Å². The monoisotopic (exact) mass is 590 g/mol. The predicted molar refractivity (Wildman–Crippen MR) is 120 cm³/mol. The number of rotatable bonds is 0. The summed E-state index contributed by atoms with van der Waals surface area (Å²) in [6.07, 6.45) is -3.19. The zero-order valence-electron chi connectivity index (χ0n) is 15.7. The number of carbonyl (C=O) groups is 2. The van der Waals surface area contributed by atoms with Crippen LogP contribution >= 0.6 is 69.6 Å².